The highest BCUT2D eigenvalue weighted by atomic mass is 16.7. The molecule has 17 heavy (non-hydrogen) atoms. The van der Waals surface area contributed by atoms with Crippen LogP contribution in [0.25, 0.3) is 11.0 Å². The first-order chi connectivity index (χ1) is 8.19. The average molecular weight is 234 g/mol. The van der Waals surface area contributed by atoms with E-state index in [1.165, 1.54) is 12.1 Å². The van der Waals surface area contributed by atoms with Gasteiger partial charge < -0.3 is 13.9 Å². The minimum absolute atomic E-state index is 0.238. The van der Waals surface area contributed by atoms with E-state index in [9.17, 15) is 9.59 Å². The zero-order chi connectivity index (χ0) is 12.3. The average Bonchev–Trinajstić information content (AvgIpc) is 2.28. The third-order valence-electron chi connectivity index (χ3n) is 2.06. The van der Waals surface area contributed by atoms with E-state index >= 15 is 0 Å². The van der Waals surface area contributed by atoms with Crippen LogP contribution in [0.15, 0.2) is 39.5 Å². The summed E-state index contributed by atoms with van der Waals surface area (Å²) in [6.45, 7) is 1.92. The van der Waals surface area contributed by atoms with Crippen LogP contribution in [-0.2, 0) is 4.74 Å². The quantitative estimate of drug-likeness (QED) is 0.453. The Morgan fingerprint density at radius 1 is 1.29 bits per heavy atom. The van der Waals surface area contributed by atoms with Gasteiger partial charge in [-0.3, -0.25) is 0 Å². The van der Waals surface area contributed by atoms with Gasteiger partial charge in [0.25, 0.3) is 0 Å². The van der Waals surface area contributed by atoms with Gasteiger partial charge in [-0.2, -0.15) is 0 Å². The van der Waals surface area contributed by atoms with E-state index in [0.29, 0.717) is 5.58 Å². The Balaban J connectivity index is 2.30. The van der Waals surface area contributed by atoms with Crippen molar-refractivity contribution in [1.82, 2.24) is 0 Å². The second kappa shape index (κ2) is 4.69. The van der Waals surface area contributed by atoms with Crippen molar-refractivity contribution >= 4 is 17.1 Å². The molecule has 1 heterocycles. The van der Waals surface area contributed by atoms with Gasteiger partial charge in [0.2, 0.25) is 0 Å². The van der Waals surface area contributed by atoms with Crippen LogP contribution in [0.2, 0.25) is 0 Å². The van der Waals surface area contributed by atoms with Gasteiger partial charge in [-0.05, 0) is 25.1 Å². The summed E-state index contributed by atoms with van der Waals surface area (Å²) in [6, 6.07) is 7.71. The summed E-state index contributed by atoms with van der Waals surface area (Å²) in [5.41, 5.74) is -0.0925. The van der Waals surface area contributed by atoms with Gasteiger partial charge in [-0.1, -0.05) is 0 Å². The topological polar surface area (TPSA) is 65.7 Å². The Labute approximate surface area is 96.6 Å². The van der Waals surface area contributed by atoms with Gasteiger partial charge >= 0.3 is 11.8 Å². The molecular weight excluding hydrogens is 224 g/mol. The van der Waals surface area contributed by atoms with Crippen LogP contribution in [0.1, 0.15) is 6.92 Å². The summed E-state index contributed by atoms with van der Waals surface area (Å²) in [5.74, 6) is 0.269. The summed E-state index contributed by atoms with van der Waals surface area (Å²) in [5, 5.41) is 0.751. The Morgan fingerprint density at radius 3 is 2.82 bits per heavy atom. The molecule has 1 aromatic heterocycles. The predicted octanol–water partition coefficient (Wildman–Crippen LogP) is 2.33. The van der Waals surface area contributed by atoms with Crippen LogP contribution in [0.5, 0.6) is 5.75 Å². The Hall–Kier alpha value is -2.30. The van der Waals surface area contributed by atoms with E-state index in [4.69, 9.17) is 9.15 Å². The van der Waals surface area contributed by atoms with Crippen molar-refractivity contribution in [1.29, 1.82) is 0 Å². The fourth-order valence-corrected chi connectivity index (χ4v) is 1.35. The lowest BCUT2D eigenvalue weighted by Crippen LogP contribution is -2.09. The Morgan fingerprint density at radius 2 is 2.06 bits per heavy atom. The molecule has 0 unspecified atom stereocenters. The largest absolute Gasteiger partial charge is 0.513 e. The second-order valence-corrected chi connectivity index (χ2v) is 3.24. The number of rotatable bonds is 2. The van der Waals surface area contributed by atoms with Crippen LogP contribution >= 0.6 is 0 Å². The Kier molecular flexibility index (Phi) is 3.09. The zero-order valence-electron chi connectivity index (χ0n) is 9.14. The number of fused-ring (bicyclic) bond motifs is 1. The number of ether oxygens (including phenoxy) is 2. The molecule has 0 bridgehead atoms. The summed E-state index contributed by atoms with van der Waals surface area (Å²) < 4.78 is 14.5. The van der Waals surface area contributed by atoms with Crippen molar-refractivity contribution in [2.24, 2.45) is 0 Å². The van der Waals surface area contributed by atoms with Crippen molar-refractivity contribution in [3.63, 3.8) is 0 Å². The molecule has 0 saturated carbocycles. The molecule has 0 aliphatic heterocycles. The SMILES string of the molecule is CCOC(=O)Oc1ccc2ccc(=O)oc2c1. The first-order valence-corrected chi connectivity index (χ1v) is 5.07. The first-order valence-electron chi connectivity index (χ1n) is 5.07. The molecule has 0 aliphatic rings. The smallest absolute Gasteiger partial charge is 0.434 e. The number of carbonyl (C=O) groups excluding carboxylic acids is 1. The molecule has 2 aromatic rings. The molecule has 0 amide bonds. The van der Waals surface area contributed by atoms with Crippen LogP contribution in [-0.4, -0.2) is 12.8 Å². The van der Waals surface area contributed by atoms with Crippen molar-refractivity contribution in [2.75, 3.05) is 6.61 Å². The number of hydrogen-bond acceptors (Lipinski definition) is 5. The van der Waals surface area contributed by atoms with Crippen LogP contribution in [0.3, 0.4) is 0 Å². The highest BCUT2D eigenvalue weighted by molar-refractivity contribution is 5.78. The van der Waals surface area contributed by atoms with E-state index in [1.54, 1.807) is 25.1 Å². The van der Waals surface area contributed by atoms with Gasteiger partial charge in [-0.15, -0.1) is 0 Å². The van der Waals surface area contributed by atoms with Crippen molar-refractivity contribution in [2.45, 2.75) is 6.92 Å². The number of benzene rings is 1. The van der Waals surface area contributed by atoms with E-state index in [2.05, 4.69) is 4.74 Å². The maximum absolute atomic E-state index is 11.1. The van der Waals surface area contributed by atoms with E-state index in [-0.39, 0.29) is 12.4 Å². The highest BCUT2D eigenvalue weighted by Gasteiger charge is 2.06. The molecule has 0 aliphatic carbocycles. The molecule has 88 valence electrons. The maximum atomic E-state index is 11.1. The molecule has 0 N–H and O–H groups in total. The predicted molar refractivity (Wildman–Crippen MR) is 60.1 cm³/mol. The molecule has 0 saturated heterocycles. The van der Waals surface area contributed by atoms with Gasteiger partial charge in [-0.25, -0.2) is 9.59 Å². The summed E-state index contributed by atoms with van der Waals surface area (Å²) in [6.07, 6.45) is -0.787. The van der Waals surface area contributed by atoms with Crippen molar-refractivity contribution < 1.29 is 18.7 Å². The molecule has 5 heteroatoms. The second-order valence-electron chi connectivity index (χ2n) is 3.24. The molecule has 0 spiro atoms. The summed E-state index contributed by atoms with van der Waals surface area (Å²) >= 11 is 0. The maximum Gasteiger partial charge on any atom is 0.513 e. The fourth-order valence-electron chi connectivity index (χ4n) is 1.35. The van der Waals surface area contributed by atoms with Gasteiger partial charge in [0.05, 0.1) is 6.61 Å². The summed E-state index contributed by atoms with van der Waals surface area (Å²) in [4.78, 5) is 22.1. The van der Waals surface area contributed by atoms with Crippen LogP contribution in [0, 0.1) is 0 Å². The van der Waals surface area contributed by atoms with Crippen molar-refractivity contribution in [3.05, 3.63) is 40.8 Å². The van der Waals surface area contributed by atoms with Crippen molar-refractivity contribution in [3.8, 4) is 5.75 Å². The standard InChI is InChI=1S/C12H10O5/c1-2-15-12(14)16-9-5-3-8-4-6-11(13)17-10(8)7-9/h3-7H,2H2,1H3. The number of carbonyl (C=O) groups is 1. The normalized spacial score (nSPS) is 10.2. The molecular formula is C12H10O5. The van der Waals surface area contributed by atoms with Gasteiger partial charge in [0.15, 0.2) is 0 Å². The van der Waals surface area contributed by atoms with Crippen LogP contribution < -0.4 is 10.4 Å². The molecule has 5 nitrogen and oxygen atoms in total. The minimum Gasteiger partial charge on any atom is -0.434 e. The Bertz CT molecular complexity index is 599. The lowest BCUT2D eigenvalue weighted by atomic mass is 10.2. The molecule has 0 atom stereocenters. The third kappa shape index (κ3) is 2.63. The van der Waals surface area contributed by atoms with E-state index in [0.717, 1.165) is 5.39 Å². The first kappa shape index (κ1) is 11.2. The lowest BCUT2D eigenvalue weighted by Gasteiger charge is -2.04. The fraction of sp³-hybridized carbons (Fsp3) is 0.167. The third-order valence-corrected chi connectivity index (χ3v) is 2.06. The minimum atomic E-state index is -0.787. The lowest BCUT2D eigenvalue weighted by molar-refractivity contribution is 0.104. The molecule has 2 rings (SSSR count). The van der Waals surface area contributed by atoms with E-state index in [1.807, 2.05) is 0 Å². The highest BCUT2D eigenvalue weighted by Crippen LogP contribution is 2.19. The number of hydrogen-bond donors (Lipinski definition) is 0. The van der Waals surface area contributed by atoms with Gasteiger partial charge in [0.1, 0.15) is 11.3 Å². The molecule has 0 radical (unpaired) electrons. The zero-order valence-corrected chi connectivity index (χ0v) is 9.14. The monoisotopic (exact) mass is 234 g/mol. The van der Waals surface area contributed by atoms with Crippen LogP contribution in [0.4, 0.5) is 4.79 Å². The van der Waals surface area contributed by atoms with Gasteiger partial charge in [0, 0.05) is 17.5 Å². The van der Waals surface area contributed by atoms with E-state index < -0.39 is 11.8 Å². The molecule has 0 fully saturated rings. The molecule has 1 aromatic carbocycles. The summed E-state index contributed by atoms with van der Waals surface area (Å²) in [7, 11) is 0.